The van der Waals surface area contributed by atoms with Crippen molar-refractivity contribution < 1.29 is 22.4 Å². The van der Waals surface area contributed by atoms with Gasteiger partial charge in [-0.2, -0.15) is 0 Å². The largest absolute Gasteiger partial charge is 0.349 e. The van der Waals surface area contributed by atoms with Crippen molar-refractivity contribution in [3.63, 3.8) is 0 Å². The predicted molar refractivity (Wildman–Crippen MR) is 115 cm³/mol. The molecule has 2 aromatic rings. The third-order valence-electron chi connectivity index (χ3n) is 4.25. The van der Waals surface area contributed by atoms with Crippen LogP contribution in [0.4, 0.5) is 15.8 Å². The van der Waals surface area contributed by atoms with Gasteiger partial charge in [0.15, 0.2) is 0 Å². The van der Waals surface area contributed by atoms with Crippen LogP contribution in [0.1, 0.15) is 23.7 Å². The summed E-state index contributed by atoms with van der Waals surface area (Å²) in [6.45, 7) is 5.45. The van der Waals surface area contributed by atoms with Gasteiger partial charge in [0.2, 0.25) is 15.9 Å². The molecule has 160 valence electrons. The first-order chi connectivity index (χ1) is 14.2. The van der Waals surface area contributed by atoms with Crippen LogP contribution in [0.5, 0.6) is 0 Å². The molecule has 0 saturated heterocycles. The van der Waals surface area contributed by atoms with E-state index in [9.17, 15) is 22.4 Å². The second kappa shape index (κ2) is 10.0. The van der Waals surface area contributed by atoms with Crippen molar-refractivity contribution in [2.24, 2.45) is 0 Å². The molecule has 2 amide bonds. The second-order valence-corrected chi connectivity index (χ2v) is 8.35. The van der Waals surface area contributed by atoms with Crippen molar-refractivity contribution in [1.82, 2.24) is 5.32 Å². The van der Waals surface area contributed by atoms with Crippen molar-refractivity contribution in [2.45, 2.75) is 19.4 Å². The molecule has 0 aliphatic carbocycles. The van der Waals surface area contributed by atoms with Gasteiger partial charge >= 0.3 is 0 Å². The van der Waals surface area contributed by atoms with Gasteiger partial charge in [0, 0.05) is 6.54 Å². The highest BCUT2D eigenvalue weighted by atomic mass is 32.2. The number of benzene rings is 2. The van der Waals surface area contributed by atoms with Crippen molar-refractivity contribution >= 4 is 33.2 Å². The van der Waals surface area contributed by atoms with Gasteiger partial charge < -0.3 is 10.6 Å². The topological polar surface area (TPSA) is 95.6 Å². The zero-order chi connectivity index (χ0) is 22.3. The van der Waals surface area contributed by atoms with Crippen LogP contribution < -0.4 is 14.9 Å². The Morgan fingerprint density at radius 2 is 1.80 bits per heavy atom. The van der Waals surface area contributed by atoms with E-state index >= 15 is 0 Å². The monoisotopic (exact) mass is 433 g/mol. The fourth-order valence-electron chi connectivity index (χ4n) is 2.91. The summed E-state index contributed by atoms with van der Waals surface area (Å²) < 4.78 is 39.1. The fraction of sp³-hybridized carbons (Fsp3) is 0.238. The van der Waals surface area contributed by atoms with Crippen LogP contribution in [0.2, 0.25) is 0 Å². The van der Waals surface area contributed by atoms with E-state index < -0.39 is 33.7 Å². The Bertz CT molecular complexity index is 1020. The summed E-state index contributed by atoms with van der Waals surface area (Å²) in [4.78, 5) is 25.4. The Balaban J connectivity index is 2.37. The number of nitrogens with one attached hydrogen (secondary N) is 2. The standard InChI is InChI=1S/C21H24FN3O4S/c1-4-14-23-20(26)17-8-6-7-9-18(17)24-21(27)19(5-2)25(30(3,28)29)16-12-10-15(22)11-13-16/h4,6-13,19H,1,5,14H2,2-3H3,(H,23,26)(H,24,27). The van der Waals surface area contributed by atoms with E-state index in [4.69, 9.17) is 0 Å². The molecule has 9 heteroatoms. The average molecular weight is 434 g/mol. The number of anilines is 2. The smallest absolute Gasteiger partial charge is 0.253 e. The summed E-state index contributed by atoms with van der Waals surface area (Å²) in [7, 11) is -3.86. The number of para-hydroxylation sites is 1. The molecule has 2 N–H and O–H groups in total. The molecule has 0 aliphatic heterocycles. The Kier molecular flexibility index (Phi) is 7.71. The molecule has 0 aliphatic rings. The van der Waals surface area contributed by atoms with Gasteiger partial charge in [-0.3, -0.25) is 13.9 Å². The molecule has 0 fully saturated rings. The van der Waals surface area contributed by atoms with Crippen molar-refractivity contribution in [3.8, 4) is 0 Å². The van der Waals surface area contributed by atoms with Gasteiger partial charge in [-0.1, -0.05) is 25.1 Å². The summed E-state index contributed by atoms with van der Waals surface area (Å²) in [6.07, 6.45) is 2.66. The first-order valence-electron chi connectivity index (χ1n) is 9.23. The summed E-state index contributed by atoms with van der Waals surface area (Å²) in [6, 6.07) is 10.1. The molecule has 0 bridgehead atoms. The van der Waals surface area contributed by atoms with Crippen LogP contribution in [0.25, 0.3) is 0 Å². The quantitative estimate of drug-likeness (QED) is 0.595. The molecule has 2 aromatic carbocycles. The van der Waals surface area contributed by atoms with Gasteiger partial charge in [-0.25, -0.2) is 12.8 Å². The number of hydrogen-bond donors (Lipinski definition) is 2. The summed E-state index contributed by atoms with van der Waals surface area (Å²) in [5, 5.41) is 5.28. The van der Waals surface area contributed by atoms with Gasteiger partial charge in [0.1, 0.15) is 11.9 Å². The number of carbonyl (C=O) groups excluding carboxylic acids is 2. The minimum Gasteiger partial charge on any atom is -0.349 e. The minimum absolute atomic E-state index is 0.154. The van der Waals surface area contributed by atoms with E-state index in [1.807, 2.05) is 0 Å². The molecule has 0 saturated carbocycles. The van der Waals surface area contributed by atoms with Gasteiger partial charge in [-0.05, 0) is 42.8 Å². The highest BCUT2D eigenvalue weighted by molar-refractivity contribution is 7.92. The van der Waals surface area contributed by atoms with Crippen LogP contribution in [-0.4, -0.2) is 39.1 Å². The van der Waals surface area contributed by atoms with Crippen LogP contribution >= 0.6 is 0 Å². The maximum atomic E-state index is 13.3. The first kappa shape index (κ1) is 23.1. The van der Waals surface area contributed by atoms with E-state index in [-0.39, 0.29) is 29.9 Å². The molecule has 0 aromatic heterocycles. The number of hydrogen-bond acceptors (Lipinski definition) is 4. The Labute approximate surface area is 175 Å². The van der Waals surface area contributed by atoms with Crippen molar-refractivity contribution in [2.75, 3.05) is 22.4 Å². The number of halogens is 1. The lowest BCUT2D eigenvalue weighted by atomic mass is 10.1. The second-order valence-electron chi connectivity index (χ2n) is 6.49. The molecular formula is C21H24FN3O4S. The number of rotatable bonds is 9. The molecule has 30 heavy (non-hydrogen) atoms. The van der Waals surface area contributed by atoms with Crippen LogP contribution in [0.15, 0.2) is 61.2 Å². The van der Waals surface area contributed by atoms with Gasteiger partial charge in [0.05, 0.1) is 23.2 Å². The number of sulfonamides is 1. The summed E-state index contributed by atoms with van der Waals surface area (Å²) in [5.74, 6) is -1.54. The van der Waals surface area contributed by atoms with Crippen molar-refractivity contribution in [3.05, 3.63) is 72.6 Å². The Hall–Kier alpha value is -3.20. The lowest BCUT2D eigenvalue weighted by Gasteiger charge is -2.30. The molecule has 7 nitrogen and oxygen atoms in total. The van der Waals surface area contributed by atoms with Gasteiger partial charge in [-0.15, -0.1) is 6.58 Å². The molecule has 0 radical (unpaired) electrons. The first-order valence-corrected chi connectivity index (χ1v) is 11.1. The lowest BCUT2D eigenvalue weighted by Crippen LogP contribution is -2.47. The van der Waals surface area contributed by atoms with Crippen LogP contribution in [0.3, 0.4) is 0 Å². The van der Waals surface area contributed by atoms with E-state index in [2.05, 4.69) is 17.2 Å². The summed E-state index contributed by atoms with van der Waals surface area (Å²) >= 11 is 0. The lowest BCUT2D eigenvalue weighted by molar-refractivity contribution is -0.117. The predicted octanol–water partition coefficient (Wildman–Crippen LogP) is 2.92. The number of amides is 2. The fourth-order valence-corrected chi connectivity index (χ4v) is 4.13. The molecular weight excluding hydrogens is 409 g/mol. The van der Waals surface area contributed by atoms with E-state index in [1.54, 1.807) is 31.2 Å². The molecule has 0 heterocycles. The molecule has 1 atom stereocenters. The zero-order valence-corrected chi connectivity index (χ0v) is 17.6. The third-order valence-corrected chi connectivity index (χ3v) is 5.43. The van der Waals surface area contributed by atoms with E-state index in [1.165, 1.54) is 18.2 Å². The maximum Gasteiger partial charge on any atom is 0.253 e. The van der Waals surface area contributed by atoms with Crippen LogP contribution in [0, 0.1) is 5.82 Å². The SMILES string of the molecule is C=CCNC(=O)c1ccccc1NC(=O)C(CC)N(c1ccc(F)cc1)S(C)(=O)=O. The van der Waals surface area contributed by atoms with Crippen LogP contribution in [-0.2, 0) is 14.8 Å². The average Bonchev–Trinajstić information content (AvgIpc) is 2.70. The van der Waals surface area contributed by atoms with E-state index in [0.29, 0.717) is 0 Å². The minimum atomic E-state index is -3.86. The maximum absolute atomic E-state index is 13.3. The summed E-state index contributed by atoms with van der Waals surface area (Å²) in [5.41, 5.74) is 0.642. The van der Waals surface area contributed by atoms with Crippen molar-refractivity contribution in [1.29, 1.82) is 0 Å². The molecule has 0 spiro atoms. The highest BCUT2D eigenvalue weighted by Crippen LogP contribution is 2.24. The van der Waals surface area contributed by atoms with E-state index in [0.717, 1.165) is 22.7 Å². The number of carbonyl (C=O) groups is 2. The Morgan fingerprint density at radius 1 is 1.17 bits per heavy atom. The third kappa shape index (κ3) is 5.66. The van der Waals surface area contributed by atoms with Gasteiger partial charge in [0.25, 0.3) is 5.91 Å². The normalized spacial score (nSPS) is 12.0. The molecule has 1 unspecified atom stereocenters. The highest BCUT2D eigenvalue weighted by Gasteiger charge is 2.32. The number of nitrogens with zero attached hydrogens (tertiary/aromatic N) is 1. The molecule has 2 rings (SSSR count). The zero-order valence-electron chi connectivity index (χ0n) is 16.8. The Morgan fingerprint density at radius 3 is 2.37 bits per heavy atom.